The van der Waals surface area contributed by atoms with Crippen LogP contribution in [0.2, 0.25) is 0 Å². The number of hydrogen-bond acceptors (Lipinski definition) is 3. The minimum atomic E-state index is -1.05. The summed E-state index contributed by atoms with van der Waals surface area (Å²) in [5, 5.41) is 3.05. The molecule has 0 saturated heterocycles. The van der Waals surface area contributed by atoms with Gasteiger partial charge in [0.1, 0.15) is 6.61 Å². The molecular weight excluding hydrogens is 228 g/mol. The van der Waals surface area contributed by atoms with Crippen molar-refractivity contribution < 1.29 is 18.3 Å². The van der Waals surface area contributed by atoms with E-state index in [0.29, 0.717) is 6.54 Å². The molecule has 3 nitrogen and oxygen atoms in total. The summed E-state index contributed by atoms with van der Waals surface area (Å²) in [6.45, 7) is 3.63. The molecule has 1 rings (SSSR count). The van der Waals surface area contributed by atoms with Crippen LogP contribution in [0.3, 0.4) is 0 Å². The van der Waals surface area contributed by atoms with Gasteiger partial charge in [0.25, 0.3) is 0 Å². The summed E-state index contributed by atoms with van der Waals surface area (Å²) in [4.78, 5) is 11.4. The highest BCUT2D eigenvalue weighted by molar-refractivity contribution is 5.89. The second-order valence-electron chi connectivity index (χ2n) is 3.51. The van der Waals surface area contributed by atoms with E-state index in [1.165, 1.54) is 6.07 Å². The van der Waals surface area contributed by atoms with Gasteiger partial charge in [-0.1, -0.05) is 6.92 Å². The van der Waals surface area contributed by atoms with Crippen LogP contribution in [0, 0.1) is 11.6 Å². The van der Waals surface area contributed by atoms with Crippen LogP contribution in [0.25, 0.3) is 0 Å². The highest BCUT2D eigenvalue weighted by Gasteiger charge is 2.10. The molecule has 0 saturated carbocycles. The predicted octanol–water partition coefficient (Wildman–Crippen LogP) is 2.12. The summed E-state index contributed by atoms with van der Waals surface area (Å²) in [6.07, 6.45) is 0.997. The van der Waals surface area contributed by atoms with Gasteiger partial charge in [0.15, 0.2) is 11.6 Å². The fraction of sp³-hybridized carbons (Fsp3) is 0.417. The van der Waals surface area contributed by atoms with Crippen LogP contribution in [0.4, 0.5) is 8.78 Å². The molecule has 94 valence electrons. The third-order valence-electron chi connectivity index (χ3n) is 2.09. The fourth-order valence-electron chi connectivity index (χ4n) is 1.22. The number of hydrogen-bond donors (Lipinski definition) is 1. The Labute approximate surface area is 98.8 Å². The predicted molar refractivity (Wildman–Crippen MR) is 59.8 cm³/mol. The molecule has 1 aromatic carbocycles. The molecule has 5 heteroatoms. The van der Waals surface area contributed by atoms with E-state index in [2.05, 4.69) is 5.32 Å². The molecule has 0 aliphatic rings. The SMILES string of the molecule is CCCNCCOC(=O)c1ccc(F)c(F)c1. The molecule has 0 fully saturated rings. The van der Waals surface area contributed by atoms with Crippen LogP contribution in [-0.2, 0) is 4.74 Å². The summed E-state index contributed by atoms with van der Waals surface area (Å²) in [5.74, 6) is -2.68. The molecule has 17 heavy (non-hydrogen) atoms. The van der Waals surface area contributed by atoms with Gasteiger partial charge in [0.2, 0.25) is 0 Å². The van der Waals surface area contributed by atoms with Gasteiger partial charge in [-0.3, -0.25) is 0 Å². The van der Waals surface area contributed by atoms with Crippen molar-refractivity contribution >= 4 is 5.97 Å². The molecule has 0 spiro atoms. The van der Waals surface area contributed by atoms with E-state index in [0.717, 1.165) is 25.1 Å². The van der Waals surface area contributed by atoms with Crippen molar-refractivity contribution in [1.29, 1.82) is 0 Å². The molecule has 0 bridgehead atoms. The maximum Gasteiger partial charge on any atom is 0.338 e. The lowest BCUT2D eigenvalue weighted by Gasteiger charge is -2.05. The van der Waals surface area contributed by atoms with E-state index in [-0.39, 0.29) is 12.2 Å². The van der Waals surface area contributed by atoms with Crippen LogP contribution in [-0.4, -0.2) is 25.7 Å². The maximum absolute atomic E-state index is 12.8. The molecule has 0 heterocycles. The lowest BCUT2D eigenvalue weighted by atomic mass is 10.2. The molecule has 0 amide bonds. The topological polar surface area (TPSA) is 38.3 Å². The first-order valence-electron chi connectivity index (χ1n) is 5.48. The Kier molecular flexibility index (Phi) is 5.56. The van der Waals surface area contributed by atoms with Crippen molar-refractivity contribution in [3.8, 4) is 0 Å². The molecule has 1 N–H and O–H groups in total. The molecule has 0 aliphatic heterocycles. The van der Waals surface area contributed by atoms with Gasteiger partial charge < -0.3 is 10.1 Å². The Morgan fingerprint density at radius 3 is 2.71 bits per heavy atom. The average molecular weight is 243 g/mol. The summed E-state index contributed by atoms with van der Waals surface area (Å²) in [6, 6.07) is 2.93. The number of carbonyl (C=O) groups excluding carboxylic acids is 1. The van der Waals surface area contributed by atoms with Crippen LogP contribution in [0.1, 0.15) is 23.7 Å². The number of halogens is 2. The number of nitrogens with one attached hydrogen (secondary N) is 1. The standard InChI is InChI=1S/C12H15F2NO2/c1-2-5-15-6-7-17-12(16)9-3-4-10(13)11(14)8-9/h3-4,8,15H,2,5-7H2,1H3. The number of ether oxygens (including phenoxy) is 1. The second kappa shape index (κ2) is 6.96. The van der Waals surface area contributed by atoms with E-state index in [4.69, 9.17) is 4.74 Å². The lowest BCUT2D eigenvalue weighted by molar-refractivity contribution is 0.0508. The van der Waals surface area contributed by atoms with Crippen LogP contribution >= 0.6 is 0 Å². The molecule has 0 unspecified atom stereocenters. The number of esters is 1. The number of benzene rings is 1. The highest BCUT2D eigenvalue weighted by atomic mass is 19.2. The smallest absolute Gasteiger partial charge is 0.338 e. The Balaban J connectivity index is 2.39. The van der Waals surface area contributed by atoms with Crippen molar-refractivity contribution in [3.05, 3.63) is 35.4 Å². The van der Waals surface area contributed by atoms with E-state index in [1.807, 2.05) is 6.92 Å². The largest absolute Gasteiger partial charge is 0.461 e. The zero-order valence-electron chi connectivity index (χ0n) is 9.63. The molecule has 1 aromatic rings. The zero-order valence-corrected chi connectivity index (χ0v) is 9.63. The number of rotatable bonds is 6. The van der Waals surface area contributed by atoms with Crippen molar-refractivity contribution in [1.82, 2.24) is 5.32 Å². The summed E-state index contributed by atoms with van der Waals surface area (Å²) in [7, 11) is 0. The van der Waals surface area contributed by atoms with Crippen molar-refractivity contribution in [3.63, 3.8) is 0 Å². The Hall–Kier alpha value is -1.49. The molecular formula is C12H15F2NO2. The van der Waals surface area contributed by atoms with Crippen LogP contribution < -0.4 is 5.32 Å². The first-order valence-corrected chi connectivity index (χ1v) is 5.48. The van der Waals surface area contributed by atoms with Crippen molar-refractivity contribution in [2.75, 3.05) is 19.7 Å². The van der Waals surface area contributed by atoms with E-state index in [1.54, 1.807) is 0 Å². The van der Waals surface area contributed by atoms with Gasteiger partial charge in [-0.2, -0.15) is 0 Å². The molecule has 0 radical (unpaired) electrons. The van der Waals surface area contributed by atoms with Crippen molar-refractivity contribution in [2.24, 2.45) is 0 Å². The minimum Gasteiger partial charge on any atom is -0.461 e. The Morgan fingerprint density at radius 2 is 2.06 bits per heavy atom. The van der Waals surface area contributed by atoms with Gasteiger partial charge in [-0.05, 0) is 31.2 Å². The van der Waals surface area contributed by atoms with Crippen molar-refractivity contribution in [2.45, 2.75) is 13.3 Å². The highest BCUT2D eigenvalue weighted by Crippen LogP contribution is 2.09. The quantitative estimate of drug-likeness (QED) is 0.614. The monoisotopic (exact) mass is 243 g/mol. The Bertz CT molecular complexity index is 383. The summed E-state index contributed by atoms with van der Waals surface area (Å²) in [5.41, 5.74) is 0.0133. The van der Waals surface area contributed by atoms with Gasteiger partial charge >= 0.3 is 5.97 Å². The van der Waals surface area contributed by atoms with E-state index >= 15 is 0 Å². The van der Waals surface area contributed by atoms with E-state index in [9.17, 15) is 13.6 Å². The zero-order chi connectivity index (χ0) is 12.7. The summed E-state index contributed by atoms with van der Waals surface area (Å²) < 4.78 is 30.3. The van der Waals surface area contributed by atoms with E-state index < -0.39 is 17.6 Å². The van der Waals surface area contributed by atoms with Crippen LogP contribution in [0.15, 0.2) is 18.2 Å². The number of carbonyl (C=O) groups is 1. The van der Waals surface area contributed by atoms with Gasteiger partial charge in [-0.15, -0.1) is 0 Å². The second-order valence-corrected chi connectivity index (χ2v) is 3.51. The molecule has 0 atom stereocenters. The third kappa shape index (κ3) is 4.48. The van der Waals surface area contributed by atoms with Crippen LogP contribution in [0.5, 0.6) is 0 Å². The van der Waals surface area contributed by atoms with Gasteiger partial charge in [0.05, 0.1) is 5.56 Å². The Morgan fingerprint density at radius 1 is 1.29 bits per heavy atom. The third-order valence-corrected chi connectivity index (χ3v) is 2.09. The molecule has 0 aliphatic carbocycles. The first-order chi connectivity index (χ1) is 8.15. The maximum atomic E-state index is 12.8. The normalized spacial score (nSPS) is 10.3. The average Bonchev–Trinajstić information content (AvgIpc) is 2.32. The van der Waals surface area contributed by atoms with Gasteiger partial charge in [-0.25, -0.2) is 13.6 Å². The lowest BCUT2D eigenvalue weighted by Crippen LogP contribution is -2.22. The fourth-order valence-corrected chi connectivity index (χ4v) is 1.22. The summed E-state index contributed by atoms with van der Waals surface area (Å²) >= 11 is 0. The van der Waals surface area contributed by atoms with Gasteiger partial charge in [0, 0.05) is 6.54 Å². The minimum absolute atomic E-state index is 0.0133. The first kappa shape index (κ1) is 13.6. The molecule has 0 aromatic heterocycles.